The summed E-state index contributed by atoms with van der Waals surface area (Å²) in [7, 11) is 0. The fourth-order valence-corrected chi connectivity index (χ4v) is 6.98. The van der Waals surface area contributed by atoms with E-state index >= 15 is 0 Å². The molecule has 0 bridgehead atoms. The van der Waals surface area contributed by atoms with E-state index in [4.69, 9.17) is 5.73 Å². The van der Waals surface area contributed by atoms with E-state index in [2.05, 4.69) is 25.9 Å². The number of fused-ring (bicyclic) bond motifs is 1. The van der Waals surface area contributed by atoms with E-state index in [1.54, 1.807) is 48.5 Å². The van der Waals surface area contributed by atoms with E-state index in [9.17, 15) is 29.1 Å². The summed E-state index contributed by atoms with van der Waals surface area (Å²) in [5.41, 5.74) is 9.72. The van der Waals surface area contributed by atoms with Crippen LogP contribution in [0.3, 0.4) is 0 Å². The van der Waals surface area contributed by atoms with Crippen molar-refractivity contribution in [3.05, 3.63) is 107 Å². The van der Waals surface area contributed by atoms with Crippen LogP contribution >= 0.6 is 11.8 Å². The normalized spacial score (nSPS) is 16.9. The van der Waals surface area contributed by atoms with E-state index in [-0.39, 0.29) is 30.4 Å². The minimum Gasteiger partial charge on any atom is -0.381 e. The van der Waals surface area contributed by atoms with Gasteiger partial charge < -0.3 is 26.4 Å². The zero-order chi connectivity index (χ0) is 36.7. The Morgan fingerprint density at radius 3 is 2.37 bits per heavy atom. The largest absolute Gasteiger partial charge is 0.381 e. The summed E-state index contributed by atoms with van der Waals surface area (Å²) in [5.74, 6) is -3.41. The number of aromatic nitrogens is 2. The third kappa shape index (κ3) is 9.14. The summed E-state index contributed by atoms with van der Waals surface area (Å²) in [6, 6.07) is 20.0. The van der Waals surface area contributed by atoms with Crippen LogP contribution in [0.15, 0.2) is 85.1 Å². The summed E-state index contributed by atoms with van der Waals surface area (Å²) in [5, 5.41) is 19.3. The zero-order valence-electron chi connectivity index (χ0n) is 28.5. The molecule has 5 rings (SSSR count). The number of benzene rings is 3. The first kappa shape index (κ1) is 37.1. The lowest BCUT2D eigenvalue weighted by molar-refractivity contribution is -0.148. The highest BCUT2D eigenvalue weighted by molar-refractivity contribution is 8.00. The van der Waals surface area contributed by atoms with Crippen molar-refractivity contribution in [1.29, 1.82) is 0 Å². The zero-order valence-corrected chi connectivity index (χ0v) is 29.4. The fraction of sp³-hybridized carbons (Fsp3) is 0.324. The molecule has 1 saturated heterocycles. The maximum atomic E-state index is 14.0. The van der Waals surface area contributed by atoms with Gasteiger partial charge in [-0.2, -0.15) is 0 Å². The monoisotopic (exact) mass is 711 g/mol. The first-order chi connectivity index (χ1) is 24.3. The van der Waals surface area contributed by atoms with Crippen LogP contribution < -0.4 is 21.7 Å². The van der Waals surface area contributed by atoms with Crippen LogP contribution in [0.2, 0.25) is 0 Å². The molecule has 13 nitrogen and oxygen atoms in total. The Bertz CT molecular complexity index is 1920. The molecule has 1 aromatic heterocycles. The molecule has 0 aliphatic carbocycles. The van der Waals surface area contributed by atoms with Gasteiger partial charge in [-0.1, -0.05) is 66.7 Å². The Morgan fingerprint density at radius 2 is 1.65 bits per heavy atom. The second kappa shape index (κ2) is 16.2. The van der Waals surface area contributed by atoms with Crippen LogP contribution in [0.25, 0.3) is 11.0 Å². The molecule has 0 spiro atoms. The van der Waals surface area contributed by atoms with Crippen LogP contribution in [-0.4, -0.2) is 84.4 Å². The van der Waals surface area contributed by atoms with Crippen molar-refractivity contribution >= 4 is 52.3 Å². The Balaban J connectivity index is 1.25. The van der Waals surface area contributed by atoms with Gasteiger partial charge >= 0.3 is 0 Å². The maximum Gasteiger partial charge on any atom is 0.278 e. The maximum absolute atomic E-state index is 14.0. The topological polar surface area (TPSA) is 197 Å². The number of aliphatic hydroxyl groups excluding tert-OH is 1. The SMILES string of the molecule is Cc1ccccc1CNC(=O)[C@H]1N(C(=O)[C@@H](O)[C@H](Cc2ccccc2)NC(=O)[C@@H](N)CC(=O)NC(=O)c2cnc3ccccc3n2)CSC1(C)C. The molecule has 0 unspecified atom stereocenters. The smallest absolute Gasteiger partial charge is 0.278 e. The third-order valence-electron chi connectivity index (χ3n) is 8.73. The molecule has 4 aromatic rings. The second-order valence-electron chi connectivity index (χ2n) is 12.9. The average Bonchev–Trinajstić information content (AvgIpc) is 3.44. The van der Waals surface area contributed by atoms with E-state index in [1.807, 2.05) is 51.1 Å². The quantitative estimate of drug-likeness (QED) is 0.145. The summed E-state index contributed by atoms with van der Waals surface area (Å²) in [4.78, 5) is 76.0. The van der Waals surface area contributed by atoms with Crippen LogP contribution in [0.5, 0.6) is 0 Å². The molecule has 266 valence electrons. The van der Waals surface area contributed by atoms with E-state index < -0.39 is 59.0 Å². The number of nitrogens with one attached hydrogen (secondary N) is 3. The van der Waals surface area contributed by atoms with Gasteiger partial charge in [-0.3, -0.25) is 34.3 Å². The minimum absolute atomic E-state index is 0.0477. The van der Waals surface area contributed by atoms with Gasteiger partial charge in [0.2, 0.25) is 17.7 Å². The lowest BCUT2D eigenvalue weighted by atomic mass is 9.96. The standard InChI is InChI=1S/C37H41N7O6S/c1-22-11-7-8-14-24(22)19-40-35(49)32-37(2,3)51-21-44(32)36(50)31(46)28(17-23-12-5-4-6-13-23)42-33(47)25(38)18-30(45)43-34(48)29-20-39-26-15-9-10-16-27(26)41-29/h4-16,20,25,28,31-32,46H,17-19,21,38H2,1-3H3,(H,40,49)(H,42,47)(H,43,45,48)/t25-,28-,31-,32+/m0/s1. The molecule has 3 aromatic carbocycles. The van der Waals surface area contributed by atoms with Crippen LogP contribution in [0.1, 0.15) is 47.4 Å². The van der Waals surface area contributed by atoms with Gasteiger partial charge in [0, 0.05) is 11.3 Å². The van der Waals surface area contributed by atoms with Crippen LogP contribution in [-0.2, 0) is 32.1 Å². The molecule has 1 aliphatic rings. The number of hydrogen-bond donors (Lipinski definition) is 5. The number of aliphatic hydroxyl groups is 1. The highest BCUT2D eigenvalue weighted by Gasteiger charge is 2.49. The highest BCUT2D eigenvalue weighted by atomic mass is 32.2. The van der Waals surface area contributed by atoms with Gasteiger partial charge in [0.05, 0.1) is 41.6 Å². The lowest BCUT2D eigenvalue weighted by Crippen LogP contribution is -2.59. The average molecular weight is 712 g/mol. The molecule has 51 heavy (non-hydrogen) atoms. The van der Waals surface area contributed by atoms with Crippen molar-refractivity contribution < 1.29 is 29.1 Å². The number of rotatable bonds is 12. The van der Waals surface area contributed by atoms with Crippen LogP contribution in [0.4, 0.5) is 0 Å². The summed E-state index contributed by atoms with van der Waals surface area (Å²) < 4.78 is -0.672. The molecule has 4 atom stereocenters. The number of aryl methyl sites for hydroxylation is 1. The van der Waals surface area contributed by atoms with Gasteiger partial charge in [-0.25, -0.2) is 4.98 Å². The van der Waals surface area contributed by atoms with E-state index in [0.29, 0.717) is 16.6 Å². The van der Waals surface area contributed by atoms with Crippen molar-refractivity contribution in [2.45, 2.75) is 69.1 Å². The van der Waals surface area contributed by atoms with Gasteiger partial charge in [-0.15, -0.1) is 11.8 Å². The number of carbonyl (C=O) groups is 5. The van der Waals surface area contributed by atoms with E-state index in [0.717, 1.165) is 11.1 Å². The van der Waals surface area contributed by atoms with Crippen molar-refractivity contribution in [2.24, 2.45) is 5.73 Å². The Hall–Kier alpha value is -5.18. The van der Waals surface area contributed by atoms with Crippen molar-refractivity contribution in [3.63, 3.8) is 0 Å². The molecular weight excluding hydrogens is 671 g/mol. The third-order valence-corrected chi connectivity index (χ3v) is 10.1. The van der Waals surface area contributed by atoms with Crippen molar-refractivity contribution in [2.75, 3.05) is 5.88 Å². The Morgan fingerprint density at radius 1 is 0.980 bits per heavy atom. The van der Waals surface area contributed by atoms with Crippen molar-refractivity contribution in [1.82, 2.24) is 30.8 Å². The van der Waals surface area contributed by atoms with Gasteiger partial charge in [0.25, 0.3) is 11.8 Å². The number of para-hydroxylation sites is 2. The van der Waals surface area contributed by atoms with Gasteiger partial charge in [0.1, 0.15) is 11.7 Å². The minimum atomic E-state index is -1.76. The first-order valence-electron chi connectivity index (χ1n) is 16.4. The van der Waals surface area contributed by atoms with Gasteiger partial charge in [0.15, 0.2) is 6.10 Å². The number of hydrogen-bond acceptors (Lipinski definition) is 10. The number of amides is 5. The molecule has 0 saturated carbocycles. The summed E-state index contributed by atoms with van der Waals surface area (Å²) in [6.07, 6.45) is -1.04. The number of imide groups is 1. The molecule has 6 N–H and O–H groups in total. The van der Waals surface area contributed by atoms with Crippen molar-refractivity contribution in [3.8, 4) is 0 Å². The molecule has 2 heterocycles. The second-order valence-corrected chi connectivity index (χ2v) is 14.5. The molecule has 14 heteroatoms. The highest BCUT2D eigenvalue weighted by Crippen LogP contribution is 2.40. The van der Waals surface area contributed by atoms with Crippen LogP contribution in [0, 0.1) is 6.92 Å². The molecule has 1 aliphatic heterocycles. The molecule has 1 fully saturated rings. The predicted octanol–water partition coefficient (Wildman–Crippen LogP) is 2.00. The van der Waals surface area contributed by atoms with Gasteiger partial charge in [-0.05, 0) is 56.0 Å². The van der Waals surface area contributed by atoms with E-state index in [1.165, 1.54) is 22.9 Å². The molecule has 5 amide bonds. The fourth-order valence-electron chi connectivity index (χ4n) is 5.84. The number of nitrogens with zero attached hydrogens (tertiary/aromatic N) is 3. The predicted molar refractivity (Wildman–Crippen MR) is 193 cm³/mol. The Kier molecular flexibility index (Phi) is 11.8. The summed E-state index contributed by atoms with van der Waals surface area (Å²) >= 11 is 1.40. The lowest BCUT2D eigenvalue weighted by Gasteiger charge is -2.33. The number of thioether (sulfide) groups is 1. The number of nitrogens with two attached hydrogens (primary N) is 1. The number of carbonyl (C=O) groups excluding carboxylic acids is 5. The summed E-state index contributed by atoms with van der Waals surface area (Å²) in [6.45, 7) is 5.94. The molecule has 0 radical (unpaired) electrons. The molecular formula is C37H41N7O6S. The first-order valence-corrected chi connectivity index (χ1v) is 17.4. The Labute approximate surface area is 299 Å².